The minimum absolute atomic E-state index is 0.0721. The smallest absolute Gasteiger partial charge is 0.331 e. The van der Waals surface area contributed by atoms with Crippen LogP contribution in [0.5, 0.6) is 11.5 Å². The maximum atomic E-state index is 13.0. The van der Waals surface area contributed by atoms with Crippen LogP contribution in [0.3, 0.4) is 0 Å². The summed E-state index contributed by atoms with van der Waals surface area (Å²) in [7, 11) is 4.12. The van der Waals surface area contributed by atoms with Crippen molar-refractivity contribution in [1.82, 2.24) is 30.0 Å². The topological polar surface area (TPSA) is 210 Å². The molecule has 7 rings (SSSR count). The van der Waals surface area contributed by atoms with Crippen LogP contribution in [0, 0.1) is 0 Å². The molecule has 3 heterocycles. The number of carbonyl (C=O) groups is 2. The van der Waals surface area contributed by atoms with E-state index in [0.717, 1.165) is 22.3 Å². The summed E-state index contributed by atoms with van der Waals surface area (Å²) in [5.41, 5.74) is 4.21. The Morgan fingerprint density at radius 1 is 0.585 bits per heavy atom. The van der Waals surface area contributed by atoms with Gasteiger partial charge in [-0.3, -0.25) is 0 Å². The van der Waals surface area contributed by atoms with Crippen molar-refractivity contribution in [2.45, 2.75) is 82.1 Å². The summed E-state index contributed by atoms with van der Waals surface area (Å²) in [6.45, 7) is 0.375. The number of carbonyl (C=O) groups excluding carboxylic acids is 2. The second-order valence-electron chi connectivity index (χ2n) is 15.3. The lowest BCUT2D eigenvalue weighted by Crippen LogP contribution is -2.61. The van der Waals surface area contributed by atoms with Gasteiger partial charge in [0, 0.05) is 20.0 Å². The van der Waals surface area contributed by atoms with Crippen LogP contribution in [-0.4, -0.2) is 111 Å². The molecule has 1 aliphatic rings. The Labute approximate surface area is 375 Å². The van der Waals surface area contributed by atoms with Gasteiger partial charge in [0.05, 0.1) is 59.6 Å². The van der Waals surface area contributed by atoms with Gasteiger partial charge in [-0.05, 0) is 46.5 Å². The van der Waals surface area contributed by atoms with Crippen molar-refractivity contribution in [2.75, 3.05) is 27.9 Å². The molecule has 342 valence electrons. The predicted molar refractivity (Wildman–Crippen MR) is 230 cm³/mol. The monoisotopic (exact) mass is 892 g/mol. The number of esters is 2. The summed E-state index contributed by atoms with van der Waals surface area (Å²) in [6, 6.07) is 30.7. The Hall–Kier alpha value is -6.54. The van der Waals surface area contributed by atoms with Gasteiger partial charge in [0.25, 0.3) is 0 Å². The first-order valence-corrected chi connectivity index (χ1v) is 20.9. The molecule has 1 aliphatic heterocycles. The van der Waals surface area contributed by atoms with E-state index in [0.29, 0.717) is 18.0 Å². The largest absolute Gasteiger partial charge is 0.508 e. The Bertz CT molecular complexity index is 2380. The molecule has 18 heteroatoms. The number of phenolic OH excluding ortho intramolecular Hbond substituents is 2. The molecule has 65 heavy (non-hydrogen) atoms. The van der Waals surface area contributed by atoms with Crippen molar-refractivity contribution >= 4 is 11.9 Å². The minimum Gasteiger partial charge on any atom is -0.508 e. The Balaban J connectivity index is 1.16. The lowest BCUT2D eigenvalue weighted by molar-refractivity contribution is -0.323. The fourth-order valence-electron chi connectivity index (χ4n) is 7.38. The summed E-state index contributed by atoms with van der Waals surface area (Å²) in [5.74, 6) is -0.851. The molecule has 0 aliphatic carbocycles. The van der Waals surface area contributed by atoms with Gasteiger partial charge in [-0.25, -0.2) is 19.0 Å². The zero-order chi connectivity index (χ0) is 45.5. The van der Waals surface area contributed by atoms with E-state index in [1.165, 1.54) is 30.7 Å². The van der Waals surface area contributed by atoms with E-state index in [-0.39, 0.29) is 50.8 Å². The van der Waals surface area contributed by atoms with Crippen molar-refractivity contribution in [1.29, 1.82) is 0 Å². The van der Waals surface area contributed by atoms with E-state index in [2.05, 4.69) is 20.6 Å². The van der Waals surface area contributed by atoms with E-state index in [1.54, 1.807) is 60.9 Å². The highest BCUT2D eigenvalue weighted by atomic mass is 16.7. The molecule has 0 radical (unpaired) electrons. The van der Waals surface area contributed by atoms with Crippen LogP contribution in [0.4, 0.5) is 0 Å². The van der Waals surface area contributed by atoms with Crippen molar-refractivity contribution in [3.63, 3.8) is 0 Å². The second-order valence-corrected chi connectivity index (χ2v) is 15.3. The van der Waals surface area contributed by atoms with Gasteiger partial charge in [0.2, 0.25) is 0 Å². The highest BCUT2D eigenvalue weighted by Gasteiger charge is 2.49. The molecule has 0 bridgehead atoms. The zero-order valence-corrected chi connectivity index (χ0v) is 36.2. The first-order valence-electron chi connectivity index (χ1n) is 20.9. The minimum atomic E-state index is -0.930. The highest BCUT2D eigenvalue weighted by Crippen LogP contribution is 2.32. The number of hydrogen-bond donors (Lipinski definition) is 2. The summed E-state index contributed by atoms with van der Waals surface area (Å²) < 4.78 is 51.8. The molecule has 0 unspecified atom stereocenters. The van der Waals surface area contributed by atoms with Crippen molar-refractivity contribution in [2.24, 2.45) is 0 Å². The van der Waals surface area contributed by atoms with Crippen molar-refractivity contribution < 1.29 is 57.7 Å². The van der Waals surface area contributed by atoms with Crippen LogP contribution >= 0.6 is 0 Å². The molecule has 0 spiro atoms. The number of aromatic hydroxyl groups is 2. The lowest BCUT2D eigenvalue weighted by Gasteiger charge is -2.45. The average molecular weight is 893 g/mol. The van der Waals surface area contributed by atoms with Crippen molar-refractivity contribution in [3.05, 3.63) is 155 Å². The molecule has 0 saturated carbocycles. The number of methoxy groups -OCH3 is 3. The predicted octanol–water partition coefficient (Wildman–Crippen LogP) is 4.84. The summed E-state index contributed by atoms with van der Waals surface area (Å²) in [6.07, 6.45) is -0.626. The van der Waals surface area contributed by atoms with Crippen LogP contribution in [-0.2, 0) is 86.8 Å². The summed E-state index contributed by atoms with van der Waals surface area (Å²) in [4.78, 5) is 26.0. The second kappa shape index (κ2) is 22.9. The molecular formula is C47H52N6O12. The molecule has 2 aromatic heterocycles. The third-order valence-electron chi connectivity index (χ3n) is 10.8. The number of rotatable bonds is 22. The molecular weight excluding hydrogens is 841 g/mol. The number of phenols is 2. The van der Waals surface area contributed by atoms with Crippen LogP contribution in [0.2, 0.25) is 0 Å². The first kappa shape index (κ1) is 46.5. The van der Waals surface area contributed by atoms with Gasteiger partial charge in [-0.15, -0.1) is 10.2 Å². The SMILES string of the molecule is COC(=O)[C@H](Cc1ccc(O)cc1)n1cc(CO[C@H]2[C@@H](OCc3ccccc3)[C@@H](OC)O[C@H](COCc3ccccc3)[C@H]2OCc2cn([C@@H](Cc3ccc(O)cc3)C(=O)OC)nn2)nn1. The number of aromatic nitrogens is 6. The molecule has 18 nitrogen and oxygen atoms in total. The molecule has 1 fully saturated rings. The molecule has 7 atom stereocenters. The molecule has 0 amide bonds. The van der Waals surface area contributed by atoms with Crippen LogP contribution in [0.1, 0.15) is 45.7 Å². The van der Waals surface area contributed by atoms with E-state index in [4.69, 9.17) is 37.9 Å². The van der Waals surface area contributed by atoms with Crippen LogP contribution in [0.25, 0.3) is 0 Å². The van der Waals surface area contributed by atoms with Gasteiger partial charge in [0.1, 0.15) is 47.3 Å². The van der Waals surface area contributed by atoms with E-state index in [9.17, 15) is 19.8 Å². The summed E-state index contributed by atoms with van der Waals surface area (Å²) >= 11 is 0. The average Bonchev–Trinajstić information content (AvgIpc) is 4.02. The highest BCUT2D eigenvalue weighted by molar-refractivity contribution is 5.74. The van der Waals surface area contributed by atoms with Crippen LogP contribution < -0.4 is 0 Å². The Morgan fingerprint density at radius 2 is 1.05 bits per heavy atom. The lowest BCUT2D eigenvalue weighted by atomic mass is 9.98. The molecule has 1 saturated heterocycles. The number of ether oxygens (including phenoxy) is 8. The van der Waals surface area contributed by atoms with E-state index < -0.39 is 54.7 Å². The number of benzene rings is 4. The van der Waals surface area contributed by atoms with Gasteiger partial charge in [-0.2, -0.15) is 0 Å². The van der Waals surface area contributed by atoms with Gasteiger partial charge >= 0.3 is 11.9 Å². The van der Waals surface area contributed by atoms with E-state index >= 15 is 0 Å². The fraction of sp³-hybridized carbons (Fsp3) is 0.362. The molecule has 2 N–H and O–H groups in total. The quantitative estimate of drug-likeness (QED) is 0.0874. The summed E-state index contributed by atoms with van der Waals surface area (Å²) in [5, 5.41) is 36.8. The molecule has 6 aromatic rings. The molecule has 4 aromatic carbocycles. The number of hydrogen-bond acceptors (Lipinski definition) is 16. The van der Waals surface area contributed by atoms with Gasteiger partial charge in [-0.1, -0.05) is 95.4 Å². The maximum absolute atomic E-state index is 13.0. The third-order valence-corrected chi connectivity index (χ3v) is 10.8. The Morgan fingerprint density at radius 3 is 1.52 bits per heavy atom. The van der Waals surface area contributed by atoms with Crippen LogP contribution in [0.15, 0.2) is 122 Å². The van der Waals surface area contributed by atoms with Gasteiger partial charge in [0.15, 0.2) is 18.4 Å². The standard InChI is InChI=1S/C47H52N6O12/c1-58-45(56)39(22-31-14-18-37(54)19-15-31)52-24-35(48-50-52)28-63-42-41(30-61-26-33-10-6-4-7-11-33)65-47(60-3)44(62-27-34-12-8-5-9-13-34)43(42)64-29-36-25-53(51-49-36)40(46(57)59-2)23-32-16-20-38(55)21-17-32/h4-21,24-25,39-44,47,54-55H,22-23,26-30H2,1-3H3/t39-,40-,41+,42+,43+,44+,47-/m0/s1. The zero-order valence-electron chi connectivity index (χ0n) is 36.2. The fourth-order valence-corrected chi connectivity index (χ4v) is 7.38. The van der Waals surface area contributed by atoms with E-state index in [1.807, 2.05) is 60.7 Å². The maximum Gasteiger partial charge on any atom is 0.331 e. The normalized spacial score (nSPS) is 19.3. The Kier molecular flexibility index (Phi) is 16.4. The first-order chi connectivity index (χ1) is 31.7. The number of nitrogens with zero attached hydrogens (tertiary/aromatic N) is 6. The third kappa shape index (κ3) is 12.6. The van der Waals surface area contributed by atoms with Crippen molar-refractivity contribution in [3.8, 4) is 11.5 Å². The van der Waals surface area contributed by atoms with Gasteiger partial charge < -0.3 is 48.1 Å².